The summed E-state index contributed by atoms with van der Waals surface area (Å²) in [6, 6.07) is 9.63. The molecule has 1 aliphatic carbocycles. The Morgan fingerprint density at radius 3 is 2.90 bits per heavy atom. The predicted octanol–water partition coefficient (Wildman–Crippen LogP) is 3.68. The summed E-state index contributed by atoms with van der Waals surface area (Å²) in [6.45, 7) is 7.76. The summed E-state index contributed by atoms with van der Waals surface area (Å²) in [5, 5.41) is 3.69. The molecule has 1 N–H and O–H groups in total. The van der Waals surface area contributed by atoms with Crippen LogP contribution in [0.4, 0.5) is 0 Å². The fourth-order valence-corrected chi connectivity index (χ4v) is 3.72. The van der Waals surface area contributed by atoms with E-state index in [-0.39, 0.29) is 0 Å². The molecule has 1 heterocycles. The van der Waals surface area contributed by atoms with Crippen molar-refractivity contribution in [3.63, 3.8) is 0 Å². The SMILES string of the molecule is CCNC1CCC(C)CC1n1c(C)nc2ccccc21. The van der Waals surface area contributed by atoms with Crippen LogP contribution in [-0.4, -0.2) is 22.1 Å². The van der Waals surface area contributed by atoms with Crippen LogP contribution in [-0.2, 0) is 0 Å². The number of benzene rings is 1. The van der Waals surface area contributed by atoms with E-state index in [1.54, 1.807) is 0 Å². The van der Waals surface area contributed by atoms with E-state index < -0.39 is 0 Å². The van der Waals surface area contributed by atoms with Gasteiger partial charge in [0.2, 0.25) is 0 Å². The molecule has 0 aliphatic heterocycles. The largest absolute Gasteiger partial charge is 0.324 e. The summed E-state index contributed by atoms with van der Waals surface area (Å²) in [7, 11) is 0. The number of nitrogens with zero attached hydrogens (tertiary/aromatic N) is 2. The first-order chi connectivity index (χ1) is 9.70. The second-order valence-electron chi connectivity index (χ2n) is 6.17. The van der Waals surface area contributed by atoms with Crippen LogP contribution in [0, 0.1) is 12.8 Å². The van der Waals surface area contributed by atoms with E-state index in [0.29, 0.717) is 12.1 Å². The van der Waals surface area contributed by atoms with Gasteiger partial charge in [0, 0.05) is 6.04 Å². The normalized spacial score (nSPS) is 27.1. The van der Waals surface area contributed by atoms with Gasteiger partial charge in [-0.1, -0.05) is 26.0 Å². The molecule has 3 rings (SSSR count). The Morgan fingerprint density at radius 2 is 2.10 bits per heavy atom. The van der Waals surface area contributed by atoms with E-state index in [1.165, 1.54) is 24.8 Å². The van der Waals surface area contributed by atoms with E-state index in [9.17, 15) is 0 Å². The molecule has 1 fully saturated rings. The highest BCUT2D eigenvalue weighted by Gasteiger charge is 2.31. The lowest BCUT2D eigenvalue weighted by Gasteiger charge is -2.37. The second-order valence-corrected chi connectivity index (χ2v) is 6.17. The quantitative estimate of drug-likeness (QED) is 0.923. The average Bonchev–Trinajstić information content (AvgIpc) is 2.77. The Kier molecular flexibility index (Phi) is 3.79. The maximum absolute atomic E-state index is 4.74. The van der Waals surface area contributed by atoms with E-state index in [1.807, 2.05) is 0 Å². The topological polar surface area (TPSA) is 29.9 Å². The molecular weight excluding hydrogens is 246 g/mol. The zero-order valence-corrected chi connectivity index (χ0v) is 12.8. The number of hydrogen-bond acceptors (Lipinski definition) is 2. The molecule has 3 unspecified atom stereocenters. The van der Waals surface area contributed by atoms with Gasteiger partial charge in [0.25, 0.3) is 0 Å². The molecule has 3 atom stereocenters. The van der Waals surface area contributed by atoms with Crippen LogP contribution in [0.15, 0.2) is 24.3 Å². The van der Waals surface area contributed by atoms with Crippen molar-refractivity contribution in [1.29, 1.82) is 0 Å². The third-order valence-electron chi connectivity index (χ3n) is 4.65. The first kappa shape index (κ1) is 13.6. The zero-order chi connectivity index (χ0) is 14.1. The van der Waals surface area contributed by atoms with Gasteiger partial charge in [0.05, 0.1) is 17.1 Å². The number of aromatic nitrogens is 2. The van der Waals surface area contributed by atoms with E-state index in [4.69, 9.17) is 4.98 Å². The average molecular weight is 271 g/mol. The van der Waals surface area contributed by atoms with Crippen molar-refractivity contribution in [2.24, 2.45) is 5.92 Å². The molecular formula is C17H25N3. The van der Waals surface area contributed by atoms with Gasteiger partial charge in [0.15, 0.2) is 0 Å². The van der Waals surface area contributed by atoms with Gasteiger partial charge in [-0.25, -0.2) is 4.98 Å². The van der Waals surface area contributed by atoms with Crippen molar-refractivity contribution in [3.8, 4) is 0 Å². The maximum atomic E-state index is 4.74. The van der Waals surface area contributed by atoms with Gasteiger partial charge >= 0.3 is 0 Å². The lowest BCUT2D eigenvalue weighted by molar-refractivity contribution is 0.219. The maximum Gasteiger partial charge on any atom is 0.107 e. The lowest BCUT2D eigenvalue weighted by Crippen LogP contribution is -2.41. The van der Waals surface area contributed by atoms with Gasteiger partial charge in [-0.3, -0.25) is 0 Å². The van der Waals surface area contributed by atoms with Crippen molar-refractivity contribution in [3.05, 3.63) is 30.1 Å². The summed E-state index contributed by atoms with van der Waals surface area (Å²) in [4.78, 5) is 4.74. The number of rotatable bonds is 3. The Balaban J connectivity index is 2.04. The van der Waals surface area contributed by atoms with Gasteiger partial charge in [0.1, 0.15) is 5.82 Å². The van der Waals surface area contributed by atoms with Crippen molar-refractivity contribution in [2.45, 2.75) is 52.1 Å². The second kappa shape index (κ2) is 5.57. The Labute approximate surface area is 121 Å². The van der Waals surface area contributed by atoms with E-state index in [0.717, 1.165) is 23.8 Å². The van der Waals surface area contributed by atoms with Crippen LogP contribution in [0.1, 0.15) is 45.0 Å². The van der Waals surface area contributed by atoms with Crippen LogP contribution in [0.3, 0.4) is 0 Å². The number of likely N-dealkylation sites (N-methyl/N-ethyl adjacent to an activating group) is 1. The number of para-hydroxylation sites is 2. The molecule has 0 amide bonds. The molecule has 0 radical (unpaired) electrons. The lowest BCUT2D eigenvalue weighted by atomic mass is 9.83. The molecule has 1 aromatic heterocycles. The molecule has 0 spiro atoms. The van der Waals surface area contributed by atoms with Gasteiger partial charge in [-0.15, -0.1) is 0 Å². The molecule has 108 valence electrons. The van der Waals surface area contributed by atoms with Crippen LogP contribution >= 0.6 is 0 Å². The molecule has 2 aromatic rings. The minimum Gasteiger partial charge on any atom is -0.324 e. The standard InChI is InChI=1S/C17H25N3/c1-4-18-14-10-9-12(2)11-17(14)20-13(3)19-15-7-5-6-8-16(15)20/h5-8,12,14,17-18H,4,9-11H2,1-3H3. The number of nitrogens with one attached hydrogen (secondary N) is 1. The summed E-state index contributed by atoms with van der Waals surface area (Å²) < 4.78 is 2.47. The van der Waals surface area contributed by atoms with Gasteiger partial charge < -0.3 is 9.88 Å². The summed E-state index contributed by atoms with van der Waals surface area (Å²) in [6.07, 6.45) is 3.85. The fourth-order valence-electron chi connectivity index (χ4n) is 3.72. The van der Waals surface area contributed by atoms with Crippen LogP contribution in [0.25, 0.3) is 11.0 Å². The van der Waals surface area contributed by atoms with Crippen molar-refractivity contribution >= 4 is 11.0 Å². The fraction of sp³-hybridized carbons (Fsp3) is 0.588. The highest BCUT2D eigenvalue weighted by molar-refractivity contribution is 5.76. The summed E-state index contributed by atoms with van der Waals surface area (Å²) in [5.74, 6) is 1.95. The predicted molar refractivity (Wildman–Crippen MR) is 84.0 cm³/mol. The molecule has 3 heteroatoms. The summed E-state index contributed by atoms with van der Waals surface area (Å²) >= 11 is 0. The Bertz CT molecular complexity index is 587. The smallest absolute Gasteiger partial charge is 0.107 e. The minimum absolute atomic E-state index is 0.533. The highest BCUT2D eigenvalue weighted by Crippen LogP contribution is 2.35. The van der Waals surface area contributed by atoms with Crippen LogP contribution in [0.5, 0.6) is 0 Å². The number of imidazole rings is 1. The summed E-state index contributed by atoms with van der Waals surface area (Å²) in [5.41, 5.74) is 2.41. The zero-order valence-electron chi connectivity index (χ0n) is 12.8. The van der Waals surface area contributed by atoms with Gasteiger partial charge in [-0.2, -0.15) is 0 Å². The monoisotopic (exact) mass is 271 g/mol. The van der Waals surface area contributed by atoms with Crippen molar-refractivity contribution < 1.29 is 0 Å². The Morgan fingerprint density at radius 1 is 1.30 bits per heavy atom. The van der Waals surface area contributed by atoms with Crippen LogP contribution in [0.2, 0.25) is 0 Å². The molecule has 1 aliphatic rings. The van der Waals surface area contributed by atoms with Crippen molar-refractivity contribution in [1.82, 2.24) is 14.9 Å². The molecule has 20 heavy (non-hydrogen) atoms. The van der Waals surface area contributed by atoms with Crippen LogP contribution < -0.4 is 5.32 Å². The molecule has 0 saturated heterocycles. The highest BCUT2D eigenvalue weighted by atomic mass is 15.1. The number of fused-ring (bicyclic) bond motifs is 1. The first-order valence-electron chi connectivity index (χ1n) is 7.87. The van der Waals surface area contributed by atoms with Gasteiger partial charge in [-0.05, 0) is 50.8 Å². The van der Waals surface area contributed by atoms with E-state index >= 15 is 0 Å². The first-order valence-corrected chi connectivity index (χ1v) is 7.87. The minimum atomic E-state index is 0.533. The molecule has 3 nitrogen and oxygen atoms in total. The number of aryl methyl sites for hydroxylation is 1. The third kappa shape index (κ3) is 2.35. The Hall–Kier alpha value is -1.35. The third-order valence-corrected chi connectivity index (χ3v) is 4.65. The molecule has 0 bridgehead atoms. The molecule has 1 saturated carbocycles. The van der Waals surface area contributed by atoms with E-state index in [2.05, 4.69) is 54.9 Å². The van der Waals surface area contributed by atoms with Crippen molar-refractivity contribution in [2.75, 3.05) is 6.54 Å². The molecule has 1 aromatic carbocycles. The number of hydrogen-bond donors (Lipinski definition) is 1.